The molecule has 1 aliphatic heterocycles. The first-order valence-corrected chi connectivity index (χ1v) is 4.48. The molecule has 1 aromatic carbocycles. The Kier molecular flexibility index (Phi) is 2.15. The topological polar surface area (TPSA) is 32.3 Å². The van der Waals surface area contributed by atoms with Crippen molar-refractivity contribution < 1.29 is 13.9 Å². The van der Waals surface area contributed by atoms with Crippen LogP contribution in [0.15, 0.2) is 24.3 Å². The number of para-hydroxylation sites is 1. The van der Waals surface area contributed by atoms with Crippen LogP contribution in [-0.4, -0.2) is 17.6 Å². The van der Waals surface area contributed by atoms with Gasteiger partial charge in [-0.05, 0) is 6.07 Å². The lowest BCUT2D eigenvalue weighted by Crippen LogP contribution is -2.19. The summed E-state index contributed by atoms with van der Waals surface area (Å²) in [4.78, 5) is 0. The van der Waals surface area contributed by atoms with Gasteiger partial charge in [-0.25, -0.2) is 8.78 Å². The van der Waals surface area contributed by atoms with Crippen molar-refractivity contribution in [3.8, 4) is 5.75 Å². The number of hydrogen-bond donors (Lipinski definition) is 2. The Balaban J connectivity index is 2.22. The third-order valence-corrected chi connectivity index (χ3v) is 2.42. The number of rotatable bonds is 1. The Bertz CT molecular complexity index is 341. The third kappa shape index (κ3) is 1.70. The van der Waals surface area contributed by atoms with Gasteiger partial charge in [-0.15, -0.1) is 0 Å². The van der Waals surface area contributed by atoms with E-state index in [-0.39, 0.29) is 18.7 Å². The van der Waals surface area contributed by atoms with E-state index in [1.54, 1.807) is 18.2 Å². The van der Waals surface area contributed by atoms with Gasteiger partial charge >= 0.3 is 0 Å². The molecule has 1 fully saturated rings. The first-order chi connectivity index (χ1) is 6.58. The second-order valence-corrected chi connectivity index (χ2v) is 3.55. The summed E-state index contributed by atoms with van der Waals surface area (Å²) in [5.74, 6) is -2.59. The molecule has 1 aromatic rings. The highest BCUT2D eigenvalue weighted by atomic mass is 19.3. The Morgan fingerprint density at radius 2 is 2.07 bits per heavy atom. The maximum absolute atomic E-state index is 12.9. The van der Waals surface area contributed by atoms with E-state index in [0.29, 0.717) is 5.56 Å². The van der Waals surface area contributed by atoms with E-state index in [2.05, 4.69) is 5.32 Å². The standard InChI is InChI=1S/C10H11F2NO/c11-10(12)5-8(13-6-10)7-3-1-2-4-9(7)14/h1-4,8,13-14H,5-6H2. The number of nitrogens with one attached hydrogen (secondary N) is 1. The number of hydrogen-bond acceptors (Lipinski definition) is 2. The highest BCUT2D eigenvalue weighted by Crippen LogP contribution is 2.36. The molecule has 1 saturated heterocycles. The summed E-state index contributed by atoms with van der Waals surface area (Å²) in [6.07, 6.45) is -0.245. The van der Waals surface area contributed by atoms with Crippen LogP contribution in [0.1, 0.15) is 18.0 Å². The molecule has 0 amide bonds. The molecule has 14 heavy (non-hydrogen) atoms. The normalized spacial score (nSPS) is 25.1. The SMILES string of the molecule is Oc1ccccc1C1CC(F)(F)CN1. The van der Waals surface area contributed by atoms with E-state index in [1.807, 2.05) is 0 Å². The fourth-order valence-electron chi connectivity index (χ4n) is 1.72. The molecule has 2 nitrogen and oxygen atoms in total. The van der Waals surface area contributed by atoms with Crippen LogP contribution in [0.3, 0.4) is 0 Å². The summed E-state index contributed by atoms with van der Waals surface area (Å²) in [6, 6.07) is 6.13. The molecule has 0 radical (unpaired) electrons. The van der Waals surface area contributed by atoms with Gasteiger partial charge in [0.25, 0.3) is 5.92 Å². The average molecular weight is 199 g/mol. The van der Waals surface area contributed by atoms with E-state index >= 15 is 0 Å². The van der Waals surface area contributed by atoms with Gasteiger partial charge in [-0.3, -0.25) is 0 Å². The molecule has 1 aliphatic rings. The summed E-state index contributed by atoms with van der Waals surface area (Å²) in [7, 11) is 0. The molecular formula is C10H11F2NO. The molecular weight excluding hydrogens is 188 g/mol. The maximum atomic E-state index is 12.9. The molecule has 0 aliphatic carbocycles. The maximum Gasteiger partial charge on any atom is 0.262 e. The van der Waals surface area contributed by atoms with E-state index < -0.39 is 12.0 Å². The predicted octanol–water partition coefficient (Wildman–Crippen LogP) is 2.06. The van der Waals surface area contributed by atoms with Crippen LogP contribution in [0.25, 0.3) is 0 Å². The number of benzene rings is 1. The van der Waals surface area contributed by atoms with Crippen LogP contribution in [-0.2, 0) is 0 Å². The van der Waals surface area contributed by atoms with Gasteiger partial charge in [-0.1, -0.05) is 18.2 Å². The van der Waals surface area contributed by atoms with Gasteiger partial charge in [-0.2, -0.15) is 0 Å². The molecule has 2 rings (SSSR count). The Morgan fingerprint density at radius 3 is 2.64 bits per heavy atom. The minimum absolute atomic E-state index is 0.0719. The Labute approximate surface area is 80.6 Å². The van der Waals surface area contributed by atoms with Crippen molar-refractivity contribution in [2.24, 2.45) is 0 Å². The Morgan fingerprint density at radius 1 is 1.36 bits per heavy atom. The zero-order valence-electron chi connectivity index (χ0n) is 7.50. The molecule has 76 valence electrons. The lowest BCUT2D eigenvalue weighted by atomic mass is 10.0. The lowest BCUT2D eigenvalue weighted by molar-refractivity contribution is 0.0210. The summed E-state index contributed by atoms with van der Waals surface area (Å²) in [5.41, 5.74) is 0.546. The zero-order valence-corrected chi connectivity index (χ0v) is 7.50. The van der Waals surface area contributed by atoms with E-state index in [4.69, 9.17) is 0 Å². The van der Waals surface area contributed by atoms with Crippen LogP contribution in [0.2, 0.25) is 0 Å². The van der Waals surface area contributed by atoms with Gasteiger partial charge < -0.3 is 10.4 Å². The summed E-state index contributed by atoms with van der Waals surface area (Å²) in [5, 5.41) is 12.2. The van der Waals surface area contributed by atoms with Crippen LogP contribution >= 0.6 is 0 Å². The number of phenolic OH excluding ortho intramolecular Hbond substituents is 1. The summed E-state index contributed by atoms with van der Waals surface area (Å²) >= 11 is 0. The molecule has 0 saturated carbocycles. The van der Waals surface area contributed by atoms with Crippen molar-refractivity contribution in [3.05, 3.63) is 29.8 Å². The van der Waals surface area contributed by atoms with Crippen molar-refractivity contribution in [1.29, 1.82) is 0 Å². The second-order valence-electron chi connectivity index (χ2n) is 3.55. The quantitative estimate of drug-likeness (QED) is 0.725. The smallest absolute Gasteiger partial charge is 0.262 e. The number of aromatic hydroxyl groups is 1. The third-order valence-electron chi connectivity index (χ3n) is 2.42. The first kappa shape index (κ1) is 9.40. The molecule has 0 bridgehead atoms. The summed E-state index contributed by atoms with van der Waals surface area (Å²) in [6.45, 7) is -0.313. The monoisotopic (exact) mass is 199 g/mol. The fourth-order valence-corrected chi connectivity index (χ4v) is 1.72. The van der Waals surface area contributed by atoms with Crippen molar-refractivity contribution in [2.75, 3.05) is 6.54 Å². The van der Waals surface area contributed by atoms with Gasteiger partial charge in [0, 0.05) is 18.0 Å². The fraction of sp³-hybridized carbons (Fsp3) is 0.400. The van der Waals surface area contributed by atoms with Crippen LogP contribution in [0.5, 0.6) is 5.75 Å². The van der Waals surface area contributed by atoms with Gasteiger partial charge in [0.1, 0.15) is 5.75 Å². The van der Waals surface area contributed by atoms with Crippen molar-refractivity contribution in [3.63, 3.8) is 0 Å². The molecule has 1 atom stereocenters. The van der Waals surface area contributed by atoms with E-state index in [0.717, 1.165) is 0 Å². The van der Waals surface area contributed by atoms with Gasteiger partial charge in [0.05, 0.1) is 6.54 Å². The second kappa shape index (κ2) is 3.20. The van der Waals surface area contributed by atoms with E-state index in [9.17, 15) is 13.9 Å². The average Bonchev–Trinajstić information content (AvgIpc) is 2.47. The lowest BCUT2D eigenvalue weighted by Gasteiger charge is -2.11. The van der Waals surface area contributed by atoms with Crippen LogP contribution in [0.4, 0.5) is 8.78 Å². The van der Waals surface area contributed by atoms with Crippen molar-refractivity contribution >= 4 is 0 Å². The molecule has 1 heterocycles. The first-order valence-electron chi connectivity index (χ1n) is 4.48. The van der Waals surface area contributed by atoms with Crippen molar-refractivity contribution in [1.82, 2.24) is 5.32 Å². The number of halogens is 2. The zero-order chi connectivity index (χ0) is 10.2. The van der Waals surface area contributed by atoms with Gasteiger partial charge in [0.15, 0.2) is 0 Å². The number of alkyl halides is 2. The van der Waals surface area contributed by atoms with Crippen LogP contribution in [0, 0.1) is 0 Å². The van der Waals surface area contributed by atoms with Gasteiger partial charge in [0.2, 0.25) is 0 Å². The largest absolute Gasteiger partial charge is 0.508 e. The molecule has 0 spiro atoms. The van der Waals surface area contributed by atoms with Crippen molar-refractivity contribution in [2.45, 2.75) is 18.4 Å². The highest BCUT2D eigenvalue weighted by Gasteiger charge is 2.40. The molecule has 0 aromatic heterocycles. The molecule has 2 N–H and O–H groups in total. The Hall–Kier alpha value is -1.16. The van der Waals surface area contributed by atoms with Crippen LogP contribution < -0.4 is 5.32 Å². The summed E-state index contributed by atoms with van der Waals surface area (Å²) < 4.78 is 25.7. The molecule has 4 heteroatoms. The molecule has 1 unspecified atom stereocenters. The predicted molar refractivity (Wildman–Crippen MR) is 48.4 cm³/mol. The number of phenols is 1. The highest BCUT2D eigenvalue weighted by molar-refractivity contribution is 5.35. The van der Waals surface area contributed by atoms with E-state index in [1.165, 1.54) is 6.07 Å². The minimum Gasteiger partial charge on any atom is -0.508 e. The minimum atomic E-state index is -2.66.